The normalized spacial score (nSPS) is 10.0. The summed E-state index contributed by atoms with van der Waals surface area (Å²) in [5, 5.41) is -0.370. The van der Waals surface area contributed by atoms with E-state index < -0.39 is 7.18 Å². The van der Waals surface area contributed by atoms with E-state index in [1.165, 1.54) is 25.2 Å². The molecule has 228 valence electrons. The summed E-state index contributed by atoms with van der Waals surface area (Å²) in [6.07, 6.45) is 0.577. The lowest BCUT2D eigenvalue weighted by molar-refractivity contribution is -0.111. The van der Waals surface area contributed by atoms with Crippen LogP contribution in [0.5, 0.6) is 23.0 Å². The van der Waals surface area contributed by atoms with Gasteiger partial charge in [-0.3, -0.25) is 9.59 Å². The maximum atomic E-state index is 11.7. The monoisotopic (exact) mass is 634 g/mol. The van der Waals surface area contributed by atoms with Gasteiger partial charge < -0.3 is 36.2 Å². The van der Waals surface area contributed by atoms with Gasteiger partial charge in [-0.1, -0.05) is 6.07 Å². The number of hydrogen-bond acceptors (Lipinski definition) is 6. The molecule has 0 radical (unpaired) electrons. The second kappa shape index (κ2) is 23.4. The zero-order valence-corrected chi connectivity index (χ0v) is 25.8. The Morgan fingerprint density at radius 2 is 1.25 bits per heavy atom. The molecule has 0 heterocycles. The van der Waals surface area contributed by atoms with Crippen LogP contribution in [0.2, 0.25) is 0 Å². The van der Waals surface area contributed by atoms with Gasteiger partial charge in [-0.05, 0) is 49.7 Å². The summed E-state index contributed by atoms with van der Waals surface area (Å²) in [5.41, 5.74) is 0.541. The van der Waals surface area contributed by atoms with Gasteiger partial charge in [-0.15, -0.1) is 23.2 Å². The topological polar surface area (TPSA) is 73.8 Å². The van der Waals surface area contributed by atoms with Crippen LogP contribution in [0.3, 0.4) is 0 Å². The van der Waals surface area contributed by atoms with Crippen LogP contribution in [0.1, 0.15) is 37.0 Å². The van der Waals surface area contributed by atoms with Crippen molar-refractivity contribution in [1.29, 1.82) is 0 Å². The molecule has 0 bridgehead atoms. The van der Waals surface area contributed by atoms with Gasteiger partial charge in [0.05, 0.1) is 47.2 Å². The second-order valence-electron chi connectivity index (χ2n) is 7.24. The zero-order valence-electron chi connectivity index (χ0n) is 23.5. The minimum absolute atomic E-state index is 0.0236. The molecule has 2 aromatic carbocycles. The lowest BCUT2D eigenvalue weighted by atomic mass is 10.1. The number of methoxy groups -OCH3 is 4. The summed E-state index contributed by atoms with van der Waals surface area (Å²) >= 11 is 15.5. The van der Waals surface area contributed by atoms with Gasteiger partial charge in [0, 0.05) is 36.7 Å². The third-order valence-electron chi connectivity index (χ3n) is 4.72. The molecule has 0 aliphatic heterocycles. The minimum atomic E-state index is -4.82. The van der Waals surface area contributed by atoms with E-state index in [-0.39, 0.29) is 30.7 Å². The first-order valence-electron chi connectivity index (χ1n) is 12.0. The van der Waals surface area contributed by atoms with Gasteiger partial charge in [-0.25, -0.2) is 0 Å². The number of rotatable bonds is 12. The lowest BCUT2D eigenvalue weighted by Crippen LogP contribution is -2.35. The van der Waals surface area contributed by atoms with E-state index in [0.717, 1.165) is 11.5 Å². The maximum absolute atomic E-state index is 11.7. The van der Waals surface area contributed by atoms with Crippen molar-refractivity contribution in [3.8, 4) is 23.0 Å². The Labute approximate surface area is 249 Å². The average Bonchev–Trinajstić information content (AvgIpc) is 2.93. The number of ether oxygens (including phenoxy) is 4. The van der Waals surface area contributed by atoms with E-state index >= 15 is 0 Å². The summed E-state index contributed by atoms with van der Waals surface area (Å²) < 4.78 is 56.4. The predicted octanol–water partition coefficient (Wildman–Crippen LogP) is 7.52. The van der Waals surface area contributed by atoms with Crippen LogP contribution in [0, 0.1) is 0 Å². The van der Waals surface area contributed by atoms with Crippen LogP contribution in [-0.2, 0) is 9.08 Å². The Morgan fingerprint density at radius 3 is 1.55 bits per heavy atom. The fourth-order valence-electron chi connectivity index (χ4n) is 2.63. The van der Waals surface area contributed by atoms with Crippen LogP contribution < -0.4 is 18.9 Å². The molecule has 0 aromatic heterocycles. The first-order chi connectivity index (χ1) is 18.9. The zero-order chi connectivity index (χ0) is 31.1. The Bertz CT molecular complexity index is 960. The molecule has 0 aliphatic rings. The molecule has 14 heteroatoms. The Morgan fingerprint density at radius 1 is 0.775 bits per heavy atom. The smallest absolute Gasteiger partial charge is 0.582 e. The number of hydrogen-bond donors (Lipinski definition) is 0. The van der Waals surface area contributed by atoms with Crippen molar-refractivity contribution in [3.05, 3.63) is 48.0 Å². The van der Waals surface area contributed by atoms with Crippen molar-refractivity contribution in [2.75, 3.05) is 53.4 Å². The van der Waals surface area contributed by atoms with Crippen LogP contribution in [0.4, 0.5) is 12.9 Å². The number of halogens is 6. The van der Waals surface area contributed by atoms with Gasteiger partial charge in [0.25, 0.3) is 0 Å². The quantitative estimate of drug-likeness (QED) is 0.0790. The van der Waals surface area contributed by atoms with Crippen LogP contribution >= 0.6 is 34.8 Å². The second-order valence-corrected chi connectivity index (χ2v) is 8.41. The summed E-state index contributed by atoms with van der Waals surface area (Å²) in [6.45, 7) is 2.87. The minimum Gasteiger partial charge on any atom is -0.582 e. The third kappa shape index (κ3) is 18.1. The van der Waals surface area contributed by atoms with E-state index in [1.54, 1.807) is 39.5 Å². The standard InChI is InChI=1S/C11H13ClO3.C8H10O2.C4H10BF3O.C3H4Cl2O/c1-14-8-3-4-9(10(13)5-6-12)11(7-8)15-2;1-9-7-4-3-5-8(6-7)10-2;1-3-9(4-2)5(6,7)8;4-2-1-3(5)6/h3-4,7H,5-6H2,1-2H3;3-6H,1-2H3;3-4H2,1-2H3;1-2H2. The summed E-state index contributed by atoms with van der Waals surface area (Å²) in [5.74, 6) is 3.43. The van der Waals surface area contributed by atoms with Gasteiger partial charge in [0.15, 0.2) is 5.78 Å². The first kappa shape index (κ1) is 39.8. The molecule has 0 amide bonds. The molecule has 2 rings (SSSR count). The molecule has 7 nitrogen and oxygen atoms in total. The van der Waals surface area contributed by atoms with Gasteiger partial charge in [0.2, 0.25) is 5.24 Å². The van der Waals surface area contributed by atoms with Crippen molar-refractivity contribution in [2.45, 2.75) is 26.7 Å². The molecule has 0 N–H and O–H groups in total. The highest BCUT2D eigenvalue weighted by molar-refractivity contribution is 6.63. The fourth-order valence-corrected chi connectivity index (χ4v) is 3.17. The SMILES string of the molecule is CC[O+](CC)[B-](F)(F)F.COc1ccc(C(=O)CCCl)c(OC)c1.COc1cccc(OC)c1.O=C(Cl)CCCl. The van der Waals surface area contributed by atoms with E-state index in [4.69, 9.17) is 53.8 Å². The number of benzene rings is 2. The Balaban J connectivity index is 0. The van der Waals surface area contributed by atoms with Crippen molar-refractivity contribution in [2.24, 2.45) is 0 Å². The van der Waals surface area contributed by atoms with Gasteiger partial charge in [-0.2, -0.15) is 0 Å². The molecule has 0 atom stereocenters. The fraction of sp³-hybridized carbons (Fsp3) is 0.462. The van der Waals surface area contributed by atoms with E-state index in [1.807, 2.05) is 24.3 Å². The number of carbonyl (C=O) groups is 2. The number of alkyl halides is 2. The van der Waals surface area contributed by atoms with Gasteiger partial charge >= 0.3 is 7.18 Å². The summed E-state index contributed by atoms with van der Waals surface area (Å²) in [6, 6.07) is 12.6. The average molecular weight is 636 g/mol. The molecule has 0 aliphatic carbocycles. The number of Topliss-reactive ketones (excluding diaryl/α,β-unsaturated/α-hetero) is 1. The lowest BCUT2D eigenvalue weighted by Gasteiger charge is -2.27. The molecule has 2 aromatic rings. The van der Waals surface area contributed by atoms with Crippen LogP contribution in [0.15, 0.2) is 42.5 Å². The highest BCUT2D eigenvalue weighted by atomic mass is 35.5. The molecule has 0 saturated carbocycles. The summed E-state index contributed by atoms with van der Waals surface area (Å²) in [7, 11) is 1.53. The molecule has 0 spiro atoms. The predicted molar refractivity (Wildman–Crippen MR) is 156 cm³/mol. The van der Waals surface area contributed by atoms with E-state index in [0.29, 0.717) is 35.2 Å². The molecule has 0 fully saturated rings. The molecule has 40 heavy (non-hydrogen) atoms. The van der Waals surface area contributed by atoms with Crippen molar-refractivity contribution < 1.29 is 45.8 Å². The van der Waals surface area contributed by atoms with Crippen LogP contribution in [-0.4, -0.2) is 71.6 Å². The van der Waals surface area contributed by atoms with E-state index in [2.05, 4.69) is 0 Å². The maximum Gasteiger partial charge on any atom is 0.843 e. The Kier molecular flexibility index (Phi) is 23.3. The highest BCUT2D eigenvalue weighted by Crippen LogP contribution is 2.25. The van der Waals surface area contributed by atoms with Gasteiger partial charge in [0.1, 0.15) is 23.0 Å². The summed E-state index contributed by atoms with van der Waals surface area (Å²) in [4.78, 5) is 21.3. The van der Waals surface area contributed by atoms with Crippen LogP contribution in [0.25, 0.3) is 0 Å². The number of carbonyl (C=O) groups excluding carboxylic acids is 2. The highest BCUT2D eigenvalue weighted by Gasteiger charge is 2.43. The van der Waals surface area contributed by atoms with Crippen molar-refractivity contribution >= 4 is 53.0 Å². The molecular weight excluding hydrogens is 598 g/mol. The number of ketones is 1. The first-order valence-corrected chi connectivity index (χ1v) is 13.4. The van der Waals surface area contributed by atoms with E-state index in [9.17, 15) is 22.5 Å². The Hall–Kier alpha value is -2.34. The molecular formula is C26H37BCl3F3O7. The molecule has 0 saturated heterocycles. The third-order valence-corrected chi connectivity index (χ3v) is 5.29. The molecule has 0 unspecified atom stereocenters. The van der Waals surface area contributed by atoms with Crippen molar-refractivity contribution in [1.82, 2.24) is 0 Å². The van der Waals surface area contributed by atoms with Crippen molar-refractivity contribution in [3.63, 3.8) is 0 Å². The largest absolute Gasteiger partial charge is 0.843 e.